The number of ether oxygens (including phenoxy) is 1. The topological polar surface area (TPSA) is 84.8 Å². The van der Waals surface area contributed by atoms with E-state index in [9.17, 15) is 0 Å². The number of hydrogen-bond acceptors (Lipinski definition) is 6. The smallest absolute Gasteiger partial charge is 0.136 e. The molecule has 34 heavy (non-hydrogen) atoms. The number of azo groups is 1. The summed E-state index contributed by atoms with van der Waals surface area (Å²) in [6.45, 7) is 5.19. The Labute approximate surface area is 201 Å². The summed E-state index contributed by atoms with van der Waals surface area (Å²) in [5.74, 6) is 1.46. The highest BCUT2D eigenvalue weighted by Gasteiger charge is 2.08. The minimum absolute atomic E-state index is 0.0969. The van der Waals surface area contributed by atoms with E-state index < -0.39 is 0 Å². The molecule has 1 unspecified atom stereocenters. The minimum Gasteiger partial charge on any atom is -0.493 e. The number of unbranched alkanes of at least 4 members (excludes halogenated alkanes) is 1. The van der Waals surface area contributed by atoms with E-state index in [1.165, 1.54) is 19.3 Å². The maximum absolute atomic E-state index is 8.98. The van der Waals surface area contributed by atoms with Crippen LogP contribution in [0.4, 0.5) is 17.1 Å². The van der Waals surface area contributed by atoms with Gasteiger partial charge in [0.05, 0.1) is 18.0 Å². The van der Waals surface area contributed by atoms with Crippen molar-refractivity contribution in [2.75, 3.05) is 11.5 Å². The van der Waals surface area contributed by atoms with Crippen LogP contribution in [0.25, 0.3) is 0 Å². The Morgan fingerprint density at radius 1 is 0.912 bits per heavy atom. The van der Waals surface area contributed by atoms with Crippen LogP contribution in [0.5, 0.6) is 5.75 Å². The second-order valence-electron chi connectivity index (χ2n) is 8.03. The first-order chi connectivity index (χ1) is 16.7. The van der Waals surface area contributed by atoms with Gasteiger partial charge in [0.15, 0.2) is 0 Å². The Morgan fingerprint density at radius 3 is 2.03 bits per heavy atom. The second kappa shape index (κ2) is 12.8. The van der Waals surface area contributed by atoms with Crippen LogP contribution < -0.4 is 9.64 Å². The van der Waals surface area contributed by atoms with Crippen LogP contribution in [0.2, 0.25) is 0 Å². The van der Waals surface area contributed by atoms with Gasteiger partial charge in [0.2, 0.25) is 0 Å². The van der Waals surface area contributed by atoms with Crippen molar-refractivity contribution in [3.8, 4) is 17.9 Å². The number of benzene rings is 2. The Morgan fingerprint density at radius 2 is 1.50 bits per heavy atom. The fourth-order valence-corrected chi connectivity index (χ4v) is 3.45. The molecule has 1 atom stereocenters. The summed E-state index contributed by atoms with van der Waals surface area (Å²) >= 11 is 0. The molecule has 2 aromatic rings. The average molecular weight is 452 g/mol. The zero-order valence-corrected chi connectivity index (χ0v) is 19.7. The molecule has 0 bridgehead atoms. The molecule has 0 spiro atoms. The Hall–Kier alpha value is -4.16. The zero-order valence-electron chi connectivity index (χ0n) is 19.7. The van der Waals surface area contributed by atoms with Gasteiger partial charge in [0.25, 0.3) is 0 Å². The molecule has 0 amide bonds. The van der Waals surface area contributed by atoms with Crippen LogP contribution in [0.15, 0.2) is 94.5 Å². The molecule has 0 saturated carbocycles. The van der Waals surface area contributed by atoms with E-state index in [0.717, 1.165) is 35.8 Å². The number of allylic oxidation sites excluding steroid dienone is 4. The summed E-state index contributed by atoms with van der Waals surface area (Å²) in [6, 6.07) is 19.1. The molecule has 6 heteroatoms. The summed E-state index contributed by atoms with van der Waals surface area (Å²) in [4.78, 5) is 1.90. The van der Waals surface area contributed by atoms with Crippen LogP contribution in [-0.2, 0) is 0 Å². The van der Waals surface area contributed by atoms with Crippen molar-refractivity contribution in [2.45, 2.75) is 39.5 Å². The maximum atomic E-state index is 8.98. The molecule has 0 N–H and O–H groups in total. The number of rotatable bonds is 10. The van der Waals surface area contributed by atoms with Gasteiger partial charge in [0, 0.05) is 23.7 Å². The van der Waals surface area contributed by atoms with Gasteiger partial charge in [-0.2, -0.15) is 20.8 Å². The lowest BCUT2D eigenvalue weighted by Crippen LogP contribution is -2.11. The summed E-state index contributed by atoms with van der Waals surface area (Å²) in [5, 5.41) is 26.6. The maximum Gasteiger partial charge on any atom is 0.136 e. The minimum atomic E-state index is 0.0969. The van der Waals surface area contributed by atoms with Crippen LogP contribution in [0.1, 0.15) is 39.5 Å². The summed E-state index contributed by atoms with van der Waals surface area (Å²) < 4.78 is 5.95. The third-order valence-corrected chi connectivity index (χ3v) is 5.64. The molecule has 0 radical (unpaired) electrons. The van der Waals surface area contributed by atoms with E-state index in [-0.39, 0.29) is 5.57 Å². The van der Waals surface area contributed by atoms with E-state index >= 15 is 0 Å². The van der Waals surface area contributed by atoms with Crippen LogP contribution in [-0.4, -0.2) is 6.61 Å². The monoisotopic (exact) mass is 451 g/mol. The van der Waals surface area contributed by atoms with Crippen molar-refractivity contribution in [3.63, 3.8) is 0 Å². The fraction of sp³-hybridized carbons (Fsp3) is 0.286. The van der Waals surface area contributed by atoms with Crippen LogP contribution in [0.3, 0.4) is 0 Å². The molecule has 2 aromatic carbocycles. The molecule has 0 saturated heterocycles. The Balaban J connectivity index is 1.55. The molecule has 0 aliphatic carbocycles. The van der Waals surface area contributed by atoms with E-state index in [1.54, 1.807) is 12.2 Å². The standard InChI is InChI=1S/C28H29N5O/c1-3-5-6-22(4-2)21-34-28-13-9-26(10-14-28)32-31-25-7-11-27(12-8-25)33-17-15-23(16-18-33)24(19-29)20-30/h7-18,22H,3-6,21H2,1-2H3. The highest BCUT2D eigenvalue weighted by molar-refractivity contribution is 5.61. The lowest BCUT2D eigenvalue weighted by atomic mass is 10.0. The lowest BCUT2D eigenvalue weighted by molar-refractivity contribution is 0.233. The molecule has 6 nitrogen and oxygen atoms in total. The second-order valence-corrected chi connectivity index (χ2v) is 8.03. The molecular weight excluding hydrogens is 422 g/mol. The quantitative estimate of drug-likeness (QED) is 0.271. The van der Waals surface area contributed by atoms with Gasteiger partial charge in [-0.25, -0.2) is 0 Å². The first-order valence-electron chi connectivity index (χ1n) is 11.6. The number of anilines is 1. The van der Waals surface area contributed by atoms with Crippen LogP contribution >= 0.6 is 0 Å². The van der Waals surface area contributed by atoms with Gasteiger partial charge in [0.1, 0.15) is 23.5 Å². The third kappa shape index (κ3) is 6.92. The predicted octanol–water partition coefficient (Wildman–Crippen LogP) is 7.89. The molecule has 0 fully saturated rings. The molecule has 1 aliphatic rings. The normalized spacial score (nSPS) is 13.5. The van der Waals surface area contributed by atoms with Crippen molar-refractivity contribution in [2.24, 2.45) is 16.1 Å². The lowest BCUT2D eigenvalue weighted by Gasteiger charge is -2.18. The largest absolute Gasteiger partial charge is 0.493 e. The van der Waals surface area contributed by atoms with Crippen LogP contribution in [0, 0.1) is 28.6 Å². The van der Waals surface area contributed by atoms with Gasteiger partial charge in [-0.1, -0.05) is 33.1 Å². The van der Waals surface area contributed by atoms with Gasteiger partial charge < -0.3 is 9.64 Å². The molecule has 172 valence electrons. The number of hydrogen-bond donors (Lipinski definition) is 0. The summed E-state index contributed by atoms with van der Waals surface area (Å²) in [7, 11) is 0. The average Bonchev–Trinajstić information content (AvgIpc) is 2.90. The number of nitrogens with zero attached hydrogens (tertiary/aromatic N) is 5. The van der Waals surface area contributed by atoms with E-state index in [1.807, 2.05) is 78.0 Å². The Kier molecular flexibility index (Phi) is 9.19. The van der Waals surface area contributed by atoms with Crippen molar-refractivity contribution < 1.29 is 4.74 Å². The fourth-order valence-electron chi connectivity index (χ4n) is 3.45. The third-order valence-electron chi connectivity index (χ3n) is 5.64. The van der Waals surface area contributed by atoms with Crippen molar-refractivity contribution in [3.05, 3.63) is 84.2 Å². The van der Waals surface area contributed by atoms with E-state index in [4.69, 9.17) is 15.3 Å². The Bertz CT molecular complexity index is 1110. The van der Waals surface area contributed by atoms with E-state index in [2.05, 4.69) is 24.1 Å². The van der Waals surface area contributed by atoms with Crippen molar-refractivity contribution in [1.82, 2.24) is 0 Å². The first kappa shape index (κ1) is 24.5. The van der Waals surface area contributed by atoms with Crippen molar-refractivity contribution >= 4 is 17.1 Å². The van der Waals surface area contributed by atoms with Gasteiger partial charge in [-0.3, -0.25) is 0 Å². The van der Waals surface area contributed by atoms with E-state index in [0.29, 0.717) is 11.5 Å². The zero-order chi connectivity index (χ0) is 24.2. The van der Waals surface area contributed by atoms with Gasteiger partial charge in [-0.05, 0) is 73.0 Å². The van der Waals surface area contributed by atoms with Gasteiger partial charge in [-0.15, -0.1) is 0 Å². The molecule has 3 rings (SSSR count). The van der Waals surface area contributed by atoms with Gasteiger partial charge >= 0.3 is 0 Å². The molecular formula is C28H29N5O. The number of nitriles is 2. The molecule has 1 aliphatic heterocycles. The SMILES string of the molecule is CCCCC(CC)COc1ccc(N=Nc2ccc(N3C=CC(=C(C#N)C#N)C=C3)cc2)cc1. The highest BCUT2D eigenvalue weighted by Crippen LogP contribution is 2.26. The summed E-state index contributed by atoms with van der Waals surface area (Å²) in [6.07, 6.45) is 11.9. The summed E-state index contributed by atoms with van der Waals surface area (Å²) in [5.41, 5.74) is 3.14. The predicted molar refractivity (Wildman–Crippen MR) is 135 cm³/mol. The highest BCUT2D eigenvalue weighted by atomic mass is 16.5. The molecule has 1 heterocycles. The van der Waals surface area contributed by atoms with Crippen molar-refractivity contribution in [1.29, 1.82) is 10.5 Å². The molecule has 0 aromatic heterocycles. The first-order valence-corrected chi connectivity index (χ1v) is 11.6.